The molecule has 3 aromatic carbocycles. The third-order valence-corrected chi connectivity index (χ3v) is 9.33. The lowest BCUT2D eigenvalue weighted by Gasteiger charge is -2.32. The van der Waals surface area contributed by atoms with Gasteiger partial charge in [-0.05, 0) is 74.3 Å². The average Bonchev–Trinajstić information content (AvgIpc) is 3.72. The van der Waals surface area contributed by atoms with Crippen molar-refractivity contribution in [1.29, 1.82) is 5.26 Å². The van der Waals surface area contributed by atoms with Gasteiger partial charge in [-0.2, -0.15) is 5.26 Å². The maximum Gasteiger partial charge on any atom is 0.328 e. The molecule has 0 saturated heterocycles. The van der Waals surface area contributed by atoms with Crippen LogP contribution in [0.5, 0.6) is 5.75 Å². The molecule has 5 aromatic rings. The number of carbonyl (C=O) groups is 1. The number of aryl methyl sites for hydroxylation is 2. The maximum absolute atomic E-state index is 15.3. The summed E-state index contributed by atoms with van der Waals surface area (Å²) in [7, 11) is 0. The molecule has 0 fully saturated rings. The van der Waals surface area contributed by atoms with Crippen LogP contribution in [0.15, 0.2) is 72.6 Å². The second-order valence-electron chi connectivity index (χ2n) is 11.9. The Morgan fingerprint density at radius 2 is 1.84 bits per heavy atom. The Hall–Kier alpha value is -4.35. The lowest BCUT2D eigenvalue weighted by molar-refractivity contribution is -0.689. The first-order valence-corrected chi connectivity index (χ1v) is 16.4. The van der Waals surface area contributed by atoms with E-state index in [4.69, 9.17) is 15.0 Å². The summed E-state index contributed by atoms with van der Waals surface area (Å²) >= 11 is 1.32. The predicted molar refractivity (Wildman–Crippen MR) is 177 cm³/mol. The van der Waals surface area contributed by atoms with Crippen molar-refractivity contribution in [2.45, 2.75) is 65.3 Å². The standard InChI is InChI=1S/C36H37F2N6O3S.BrH/c1-6-40-25(5)35(45)47-33-22(2)13-27(14-23(33)3)17-43-20-41-44(21-43)19-36(46,30-12-11-29(37)15-31(30)38)24(4)34-42-32(18-48-34)28-9-7-26(16-39)8-10-28;/h7-15,18,20-21,24-25,40,46H,6,17,19H2,1-5H3;1H/q+1;/p-1/t24-,25-,36+;/m0./s1. The van der Waals surface area contributed by atoms with E-state index in [2.05, 4.69) is 16.5 Å². The quantitative estimate of drug-likeness (QED) is 0.115. The Bertz CT molecular complexity index is 1950. The normalized spacial score (nSPS) is 13.5. The Kier molecular flexibility index (Phi) is 12.2. The van der Waals surface area contributed by atoms with Crippen LogP contribution in [0.4, 0.5) is 8.78 Å². The number of likely N-dealkylation sites (N-methyl/N-ethyl adjacent to an activating group) is 1. The first kappa shape index (κ1) is 37.5. The molecule has 0 unspecified atom stereocenters. The minimum atomic E-state index is -1.86. The van der Waals surface area contributed by atoms with Crippen molar-refractivity contribution in [2.24, 2.45) is 0 Å². The van der Waals surface area contributed by atoms with Crippen molar-refractivity contribution < 1.29 is 45.0 Å². The number of rotatable bonds is 12. The maximum atomic E-state index is 15.3. The van der Waals surface area contributed by atoms with Crippen LogP contribution in [0.25, 0.3) is 11.3 Å². The molecule has 2 heterocycles. The Morgan fingerprint density at radius 3 is 2.47 bits per heavy atom. The van der Waals surface area contributed by atoms with Crippen molar-refractivity contribution in [3.63, 3.8) is 0 Å². The summed E-state index contributed by atoms with van der Waals surface area (Å²) in [5, 5.41) is 31.3. The fraction of sp³-hybridized carbons (Fsp3) is 0.306. The number of ether oxygens (including phenoxy) is 1. The number of hydrogen-bond donors (Lipinski definition) is 2. The zero-order valence-electron chi connectivity index (χ0n) is 27.7. The molecule has 2 aromatic heterocycles. The fourth-order valence-electron chi connectivity index (χ4n) is 5.69. The van der Waals surface area contributed by atoms with E-state index in [-0.39, 0.29) is 35.1 Å². The largest absolute Gasteiger partial charge is 1.00 e. The van der Waals surface area contributed by atoms with Gasteiger partial charge in [0.15, 0.2) is 0 Å². The monoisotopic (exact) mass is 750 g/mol. The van der Waals surface area contributed by atoms with Crippen LogP contribution in [0, 0.1) is 36.8 Å². The first-order valence-electron chi connectivity index (χ1n) is 15.5. The highest BCUT2D eigenvalue weighted by Gasteiger charge is 2.43. The summed E-state index contributed by atoms with van der Waals surface area (Å²) in [6.45, 7) is 10.1. The Morgan fingerprint density at radius 1 is 1.14 bits per heavy atom. The summed E-state index contributed by atoms with van der Waals surface area (Å²) in [5.41, 5.74) is 2.62. The van der Waals surface area contributed by atoms with E-state index in [9.17, 15) is 14.3 Å². The molecule has 0 spiro atoms. The molecule has 13 heteroatoms. The van der Waals surface area contributed by atoms with E-state index in [0.29, 0.717) is 35.1 Å². The average molecular weight is 752 g/mol. The molecule has 9 nitrogen and oxygen atoms in total. The molecular formula is C36H37BrF2N6O3S. The summed E-state index contributed by atoms with van der Waals surface area (Å²) in [5.74, 6) is -2.17. The van der Waals surface area contributed by atoms with Gasteiger partial charge in [-0.25, -0.2) is 23.1 Å². The third-order valence-electron chi connectivity index (χ3n) is 8.30. The number of benzene rings is 3. The molecule has 0 aliphatic carbocycles. The molecule has 5 rings (SSSR count). The number of aromatic nitrogens is 4. The molecule has 0 bridgehead atoms. The number of nitrogens with zero attached hydrogens (tertiary/aromatic N) is 5. The number of halogens is 3. The Balaban J connectivity index is 0.00000541. The van der Waals surface area contributed by atoms with Crippen molar-refractivity contribution in [1.82, 2.24) is 20.1 Å². The highest BCUT2D eigenvalue weighted by molar-refractivity contribution is 7.10. The minimum absolute atomic E-state index is 0. The van der Waals surface area contributed by atoms with E-state index in [1.165, 1.54) is 22.1 Å². The van der Waals surface area contributed by atoms with Gasteiger partial charge in [-0.1, -0.05) is 32.0 Å². The number of nitrogens with one attached hydrogen (secondary N) is 1. The summed E-state index contributed by atoms with van der Waals surface area (Å²) < 4.78 is 38.3. The summed E-state index contributed by atoms with van der Waals surface area (Å²) in [6.07, 6.45) is 3.31. The number of aliphatic hydroxyl groups is 1. The van der Waals surface area contributed by atoms with Crippen LogP contribution in [-0.2, 0) is 23.5 Å². The minimum Gasteiger partial charge on any atom is -1.00 e. The number of thiazole rings is 1. The van der Waals surface area contributed by atoms with E-state index < -0.39 is 29.2 Å². The van der Waals surface area contributed by atoms with Crippen LogP contribution < -0.4 is 31.6 Å². The summed E-state index contributed by atoms with van der Waals surface area (Å²) in [6, 6.07) is 15.7. The molecule has 49 heavy (non-hydrogen) atoms. The zero-order chi connectivity index (χ0) is 34.6. The molecule has 0 aliphatic rings. The number of nitriles is 1. The van der Waals surface area contributed by atoms with Gasteiger partial charge in [0.1, 0.15) is 35.6 Å². The van der Waals surface area contributed by atoms with Crippen molar-refractivity contribution in [2.75, 3.05) is 6.54 Å². The van der Waals surface area contributed by atoms with Crippen LogP contribution in [-0.4, -0.2) is 38.4 Å². The highest BCUT2D eigenvalue weighted by Crippen LogP contribution is 2.41. The number of carbonyl (C=O) groups excluding carboxylic acids is 1. The van der Waals surface area contributed by atoms with Crippen molar-refractivity contribution >= 4 is 17.3 Å². The lowest BCUT2D eigenvalue weighted by Crippen LogP contribution is -3.00. The van der Waals surface area contributed by atoms with Gasteiger partial charge in [0.2, 0.25) is 6.33 Å². The van der Waals surface area contributed by atoms with Gasteiger partial charge >= 0.3 is 5.97 Å². The zero-order valence-corrected chi connectivity index (χ0v) is 30.1. The topological polar surface area (TPSA) is 117 Å². The van der Waals surface area contributed by atoms with Crippen LogP contribution in [0.3, 0.4) is 0 Å². The molecule has 0 radical (unpaired) electrons. The van der Waals surface area contributed by atoms with E-state index in [1.54, 1.807) is 50.8 Å². The molecule has 0 amide bonds. The van der Waals surface area contributed by atoms with Gasteiger partial charge in [0.25, 0.3) is 6.33 Å². The van der Waals surface area contributed by atoms with Crippen LogP contribution >= 0.6 is 11.3 Å². The molecular weight excluding hydrogens is 714 g/mol. The molecule has 2 N–H and O–H groups in total. The van der Waals surface area contributed by atoms with E-state index >= 15 is 4.39 Å². The van der Waals surface area contributed by atoms with Gasteiger partial charge < -0.3 is 32.1 Å². The first-order chi connectivity index (χ1) is 22.9. The van der Waals surface area contributed by atoms with E-state index in [0.717, 1.165) is 34.4 Å². The van der Waals surface area contributed by atoms with Crippen LogP contribution in [0.2, 0.25) is 0 Å². The smallest absolute Gasteiger partial charge is 0.328 e. The molecule has 0 aliphatic heterocycles. The van der Waals surface area contributed by atoms with Gasteiger partial charge in [0, 0.05) is 33.6 Å². The molecule has 256 valence electrons. The van der Waals surface area contributed by atoms with Gasteiger partial charge in [-0.15, -0.1) is 16.0 Å². The number of hydrogen-bond acceptors (Lipinski definition) is 8. The number of esters is 1. The summed E-state index contributed by atoms with van der Waals surface area (Å²) in [4.78, 5) is 17.2. The predicted octanol–water partition coefficient (Wildman–Crippen LogP) is 2.71. The van der Waals surface area contributed by atoms with Crippen molar-refractivity contribution in [3.8, 4) is 23.1 Å². The van der Waals surface area contributed by atoms with E-state index in [1.807, 2.05) is 42.9 Å². The highest BCUT2D eigenvalue weighted by atomic mass is 79.9. The van der Waals surface area contributed by atoms with Crippen LogP contribution in [0.1, 0.15) is 59.5 Å². The van der Waals surface area contributed by atoms with Crippen molar-refractivity contribution in [3.05, 3.63) is 117 Å². The second-order valence-corrected chi connectivity index (χ2v) is 12.8. The Labute approximate surface area is 298 Å². The van der Waals surface area contributed by atoms with Gasteiger partial charge in [-0.3, -0.25) is 0 Å². The lowest BCUT2D eigenvalue weighted by atomic mass is 9.82. The second kappa shape index (κ2) is 15.9. The van der Waals surface area contributed by atoms with Gasteiger partial charge in [0.05, 0.1) is 28.9 Å². The molecule has 0 saturated carbocycles. The third kappa shape index (κ3) is 8.45. The molecule has 3 atom stereocenters. The fourth-order valence-corrected chi connectivity index (χ4v) is 6.66. The SMILES string of the molecule is CCN[C@@H](C)C(=O)Oc1c(C)cc(C[n+]2cnn(C[C@](O)(c3ccc(F)cc3F)[C@@H](C)c3nc(-c4ccc(C#N)cc4)cs3)c2)cc1C.[Br-].